The van der Waals surface area contributed by atoms with E-state index in [0.717, 1.165) is 6.54 Å². The minimum Gasteiger partial charge on any atom is -0.313 e. The molecule has 0 heterocycles. The second-order valence-electron chi connectivity index (χ2n) is 4.49. The Hall–Kier alpha value is -0.710. The van der Waals surface area contributed by atoms with Crippen LogP contribution >= 0.6 is 12.4 Å². The maximum absolute atomic E-state index is 12.1. The van der Waals surface area contributed by atoms with Gasteiger partial charge in [0.2, 0.25) is 20.0 Å². The van der Waals surface area contributed by atoms with E-state index in [1.165, 1.54) is 31.3 Å². The summed E-state index contributed by atoms with van der Waals surface area (Å²) in [5.41, 5.74) is 0. The minimum absolute atomic E-state index is 0. The summed E-state index contributed by atoms with van der Waals surface area (Å²) in [6.45, 7) is 4.81. The lowest BCUT2D eigenvalue weighted by atomic mass is 10.3. The predicted molar refractivity (Wildman–Crippen MR) is 88.3 cm³/mol. The van der Waals surface area contributed by atoms with E-state index < -0.39 is 20.0 Å². The van der Waals surface area contributed by atoms with Crippen LogP contribution in [0.1, 0.15) is 13.8 Å². The molecule has 0 saturated heterocycles. The van der Waals surface area contributed by atoms with Crippen molar-refractivity contribution in [2.75, 3.05) is 20.1 Å². The highest BCUT2D eigenvalue weighted by molar-refractivity contribution is 7.90. The molecule has 10 heteroatoms. The van der Waals surface area contributed by atoms with Gasteiger partial charge in [-0.05, 0) is 44.8 Å². The summed E-state index contributed by atoms with van der Waals surface area (Å²) in [4.78, 5) is 0.0474. The molecule has 1 aromatic carbocycles. The zero-order valence-corrected chi connectivity index (χ0v) is 15.1. The number of hydrogen-bond donors (Lipinski definition) is 3. The summed E-state index contributed by atoms with van der Waals surface area (Å²) in [5.74, 6) is 0. The molecule has 7 nitrogen and oxygen atoms in total. The van der Waals surface area contributed by atoms with Crippen molar-refractivity contribution in [3.8, 4) is 0 Å². The fourth-order valence-electron chi connectivity index (χ4n) is 1.65. The van der Waals surface area contributed by atoms with E-state index in [9.17, 15) is 16.8 Å². The second kappa shape index (κ2) is 8.80. The molecule has 1 rings (SSSR count). The third-order valence-electron chi connectivity index (χ3n) is 2.85. The molecule has 0 unspecified atom stereocenters. The van der Waals surface area contributed by atoms with Crippen LogP contribution in [-0.4, -0.2) is 43.0 Å². The Morgan fingerprint density at radius 2 is 1.45 bits per heavy atom. The number of sulfonamides is 2. The second-order valence-corrected chi connectivity index (χ2v) is 8.14. The highest BCUT2D eigenvalue weighted by Crippen LogP contribution is 2.14. The molecule has 0 spiro atoms. The van der Waals surface area contributed by atoms with E-state index in [4.69, 9.17) is 0 Å². The van der Waals surface area contributed by atoms with Crippen LogP contribution < -0.4 is 14.8 Å². The van der Waals surface area contributed by atoms with Crippen molar-refractivity contribution in [2.24, 2.45) is 0 Å². The van der Waals surface area contributed by atoms with Gasteiger partial charge in [0, 0.05) is 12.6 Å². The molecule has 0 saturated carbocycles. The van der Waals surface area contributed by atoms with Crippen LogP contribution in [0.15, 0.2) is 34.1 Å². The molecular weight excluding hydrogens is 350 g/mol. The minimum atomic E-state index is -3.65. The quantitative estimate of drug-likeness (QED) is 0.609. The average Bonchev–Trinajstić information content (AvgIpc) is 2.46. The van der Waals surface area contributed by atoms with Gasteiger partial charge in [0.15, 0.2) is 0 Å². The Bertz CT molecular complexity index is 660. The average molecular weight is 372 g/mol. The first-order valence-corrected chi connectivity index (χ1v) is 9.46. The molecular formula is C12H22ClN3O4S2. The monoisotopic (exact) mass is 371 g/mol. The van der Waals surface area contributed by atoms with Crippen LogP contribution in [0.3, 0.4) is 0 Å². The molecule has 0 aliphatic heterocycles. The molecule has 0 aliphatic rings. The van der Waals surface area contributed by atoms with Crippen molar-refractivity contribution in [3.63, 3.8) is 0 Å². The SMILES string of the molecule is CCN[C@H](C)CNS(=O)(=O)c1ccc(S(=O)(=O)NC)cc1.Cl. The molecule has 0 fully saturated rings. The highest BCUT2D eigenvalue weighted by atomic mass is 35.5. The summed E-state index contributed by atoms with van der Waals surface area (Å²) in [5, 5.41) is 3.09. The lowest BCUT2D eigenvalue weighted by Crippen LogP contribution is -2.38. The maximum Gasteiger partial charge on any atom is 0.240 e. The van der Waals surface area contributed by atoms with Crippen LogP contribution in [-0.2, 0) is 20.0 Å². The standard InChI is InChI=1S/C12H21N3O4S2.ClH/c1-4-14-10(2)9-15-21(18,19)12-7-5-11(6-8-12)20(16,17)13-3;/h5-8,10,13-15H,4,9H2,1-3H3;1H/t10-;/m1./s1. The van der Waals surface area contributed by atoms with Crippen molar-refractivity contribution in [1.82, 2.24) is 14.8 Å². The van der Waals surface area contributed by atoms with Crippen LogP contribution in [0.5, 0.6) is 0 Å². The molecule has 0 radical (unpaired) electrons. The topological polar surface area (TPSA) is 104 Å². The van der Waals surface area contributed by atoms with Crippen LogP contribution in [0.4, 0.5) is 0 Å². The van der Waals surface area contributed by atoms with Gasteiger partial charge >= 0.3 is 0 Å². The molecule has 0 aliphatic carbocycles. The van der Waals surface area contributed by atoms with Gasteiger partial charge in [0.25, 0.3) is 0 Å². The number of hydrogen-bond acceptors (Lipinski definition) is 5. The van der Waals surface area contributed by atoms with E-state index in [-0.39, 0.29) is 34.8 Å². The maximum atomic E-state index is 12.1. The largest absolute Gasteiger partial charge is 0.313 e. The molecule has 0 amide bonds. The van der Waals surface area contributed by atoms with Crippen LogP contribution in [0.2, 0.25) is 0 Å². The number of halogens is 1. The zero-order chi connectivity index (χ0) is 16.1. The third-order valence-corrected chi connectivity index (χ3v) is 5.71. The fraction of sp³-hybridized carbons (Fsp3) is 0.500. The van der Waals surface area contributed by atoms with Gasteiger partial charge in [-0.3, -0.25) is 0 Å². The number of likely N-dealkylation sites (N-methyl/N-ethyl adjacent to an activating group) is 1. The van der Waals surface area contributed by atoms with Crippen molar-refractivity contribution in [1.29, 1.82) is 0 Å². The zero-order valence-electron chi connectivity index (χ0n) is 12.7. The molecule has 22 heavy (non-hydrogen) atoms. The van der Waals surface area contributed by atoms with Crippen molar-refractivity contribution in [2.45, 2.75) is 29.7 Å². The lowest BCUT2D eigenvalue weighted by Gasteiger charge is -2.13. The first-order chi connectivity index (χ1) is 9.73. The van der Waals surface area contributed by atoms with Gasteiger partial charge in [0.05, 0.1) is 9.79 Å². The van der Waals surface area contributed by atoms with E-state index >= 15 is 0 Å². The van der Waals surface area contributed by atoms with Gasteiger partial charge in [0.1, 0.15) is 0 Å². The fourth-order valence-corrected chi connectivity index (χ4v) is 3.52. The molecule has 3 N–H and O–H groups in total. The van der Waals surface area contributed by atoms with E-state index in [2.05, 4.69) is 14.8 Å². The van der Waals surface area contributed by atoms with Crippen molar-refractivity contribution < 1.29 is 16.8 Å². The Labute approximate surface area is 138 Å². The van der Waals surface area contributed by atoms with Gasteiger partial charge in [-0.2, -0.15) is 0 Å². The number of benzene rings is 1. The molecule has 0 aromatic heterocycles. The number of rotatable bonds is 8. The lowest BCUT2D eigenvalue weighted by molar-refractivity contribution is 0.536. The Morgan fingerprint density at radius 3 is 1.86 bits per heavy atom. The van der Waals surface area contributed by atoms with Crippen LogP contribution in [0, 0.1) is 0 Å². The first kappa shape index (κ1) is 21.3. The van der Waals surface area contributed by atoms with Crippen molar-refractivity contribution in [3.05, 3.63) is 24.3 Å². The first-order valence-electron chi connectivity index (χ1n) is 6.49. The van der Waals surface area contributed by atoms with Gasteiger partial charge in [-0.15, -0.1) is 12.4 Å². The summed E-state index contributed by atoms with van der Waals surface area (Å²) in [7, 11) is -5.92. The van der Waals surface area contributed by atoms with Gasteiger partial charge in [-0.1, -0.05) is 6.92 Å². The van der Waals surface area contributed by atoms with Gasteiger partial charge in [-0.25, -0.2) is 26.3 Å². The highest BCUT2D eigenvalue weighted by Gasteiger charge is 2.17. The summed E-state index contributed by atoms with van der Waals surface area (Å²) < 4.78 is 51.9. The summed E-state index contributed by atoms with van der Waals surface area (Å²) in [6.07, 6.45) is 0. The molecule has 0 bridgehead atoms. The van der Waals surface area contributed by atoms with E-state index in [1.54, 1.807) is 0 Å². The van der Waals surface area contributed by atoms with E-state index in [1.807, 2.05) is 13.8 Å². The molecule has 128 valence electrons. The van der Waals surface area contributed by atoms with Crippen LogP contribution in [0.25, 0.3) is 0 Å². The van der Waals surface area contributed by atoms with Crippen molar-refractivity contribution >= 4 is 32.5 Å². The Kier molecular flexibility index (Phi) is 8.52. The smallest absolute Gasteiger partial charge is 0.240 e. The summed E-state index contributed by atoms with van der Waals surface area (Å²) >= 11 is 0. The Balaban J connectivity index is 0.00000441. The van der Waals surface area contributed by atoms with Gasteiger partial charge < -0.3 is 5.32 Å². The predicted octanol–water partition coefficient (Wildman–Crippen LogP) is 0.293. The molecule has 1 aromatic rings. The molecule has 1 atom stereocenters. The summed E-state index contributed by atoms with van der Waals surface area (Å²) in [6, 6.07) is 5.06. The number of nitrogens with one attached hydrogen (secondary N) is 3. The third kappa shape index (κ3) is 5.82. The Morgan fingerprint density at radius 1 is 1.00 bits per heavy atom. The van der Waals surface area contributed by atoms with E-state index in [0.29, 0.717) is 0 Å². The normalized spacial score (nSPS) is 13.4.